The second kappa shape index (κ2) is 9.38. The molecule has 4 aromatic rings. The van der Waals surface area contributed by atoms with Gasteiger partial charge in [-0.1, -0.05) is 51.2 Å². The van der Waals surface area contributed by atoms with Gasteiger partial charge in [-0.25, -0.2) is 4.79 Å². The molecule has 0 bridgehead atoms. The highest BCUT2D eigenvalue weighted by Gasteiger charge is 2.22. The molecule has 0 aliphatic carbocycles. The average molecular weight is 508 g/mol. The summed E-state index contributed by atoms with van der Waals surface area (Å²) in [6.07, 6.45) is 0. The van der Waals surface area contributed by atoms with Crippen LogP contribution in [0.4, 0.5) is 10.5 Å². The lowest BCUT2D eigenvalue weighted by molar-refractivity contribution is 0.247. The summed E-state index contributed by atoms with van der Waals surface area (Å²) >= 11 is 24.9. The Bertz CT molecular complexity index is 1240. The highest BCUT2D eigenvalue weighted by molar-refractivity contribution is 6.37. The van der Waals surface area contributed by atoms with Crippen molar-refractivity contribution in [3.8, 4) is 28.3 Å². The molecule has 6 nitrogen and oxygen atoms in total. The van der Waals surface area contributed by atoms with Crippen LogP contribution in [0.3, 0.4) is 0 Å². The number of anilines is 1. The van der Waals surface area contributed by atoms with Gasteiger partial charge in [-0.2, -0.15) is 0 Å². The fraction of sp³-hybridized carbons (Fsp3) is 0.0455. The maximum absolute atomic E-state index is 12.9. The molecule has 0 atom stereocenters. The minimum absolute atomic E-state index is 0.353. The highest BCUT2D eigenvalue weighted by Crippen LogP contribution is 2.38. The van der Waals surface area contributed by atoms with E-state index in [9.17, 15) is 4.79 Å². The van der Waals surface area contributed by atoms with Gasteiger partial charge in [0.05, 0.1) is 17.2 Å². The number of nitrogens with zero attached hydrogens (tertiary/aromatic N) is 3. The van der Waals surface area contributed by atoms with E-state index in [1.807, 2.05) is 0 Å². The molecule has 1 amide bonds. The van der Waals surface area contributed by atoms with Gasteiger partial charge in [0, 0.05) is 26.9 Å². The molecule has 1 heterocycles. The zero-order chi connectivity index (χ0) is 22.8. The number of carbonyl (C=O) groups is 1. The predicted octanol–water partition coefficient (Wildman–Crippen LogP) is 7.31. The molecule has 0 aliphatic heterocycles. The number of rotatable bonds is 4. The number of aromatic nitrogens is 3. The van der Waals surface area contributed by atoms with E-state index in [2.05, 4.69) is 15.5 Å². The topological polar surface area (TPSA) is 69.0 Å². The maximum atomic E-state index is 12.9. The fourth-order valence-corrected chi connectivity index (χ4v) is 3.97. The Labute approximate surface area is 203 Å². The smallest absolute Gasteiger partial charge is 0.363 e. The third-order valence-corrected chi connectivity index (χ3v) is 5.60. The van der Waals surface area contributed by atoms with Crippen molar-refractivity contribution in [3.05, 3.63) is 80.8 Å². The second-order valence-corrected chi connectivity index (χ2v) is 8.28. The molecule has 0 aliphatic rings. The van der Waals surface area contributed by atoms with Crippen LogP contribution in [0, 0.1) is 0 Å². The molecule has 3 aromatic carbocycles. The van der Waals surface area contributed by atoms with Crippen LogP contribution < -0.4 is 10.1 Å². The van der Waals surface area contributed by atoms with E-state index in [4.69, 9.17) is 51.1 Å². The fourth-order valence-electron chi connectivity index (χ4n) is 2.97. The SMILES string of the molecule is COc1ccc(NC(=O)n2nc(-c3ccc(Cl)cc3Cl)c(-c3ccc(Cl)cc3Cl)n2)cc1. The van der Waals surface area contributed by atoms with Crippen LogP contribution in [0.2, 0.25) is 20.1 Å². The average Bonchev–Trinajstić information content (AvgIpc) is 3.19. The van der Waals surface area contributed by atoms with Gasteiger partial charge < -0.3 is 10.1 Å². The van der Waals surface area contributed by atoms with Crippen molar-refractivity contribution < 1.29 is 9.53 Å². The largest absolute Gasteiger partial charge is 0.497 e. The first-order valence-electron chi connectivity index (χ1n) is 9.19. The molecule has 0 saturated heterocycles. The monoisotopic (exact) mass is 506 g/mol. The number of methoxy groups -OCH3 is 1. The number of hydrogen-bond donors (Lipinski definition) is 1. The van der Waals surface area contributed by atoms with Gasteiger partial charge in [0.1, 0.15) is 17.1 Å². The summed E-state index contributed by atoms with van der Waals surface area (Å²) in [5, 5.41) is 13.2. The Kier molecular flexibility index (Phi) is 6.58. The van der Waals surface area contributed by atoms with Crippen LogP contribution in [0.5, 0.6) is 5.75 Å². The summed E-state index contributed by atoms with van der Waals surface area (Å²) in [7, 11) is 1.56. The van der Waals surface area contributed by atoms with E-state index in [1.54, 1.807) is 67.8 Å². The van der Waals surface area contributed by atoms with Crippen molar-refractivity contribution in [1.29, 1.82) is 0 Å². The maximum Gasteiger partial charge on any atom is 0.363 e. The van der Waals surface area contributed by atoms with Gasteiger partial charge in [-0.05, 0) is 60.7 Å². The Morgan fingerprint density at radius 3 is 1.75 bits per heavy atom. The summed E-state index contributed by atoms with van der Waals surface area (Å²) in [6, 6.07) is 16.2. The molecular formula is C22H14Cl4N4O2. The van der Waals surface area contributed by atoms with Crippen LogP contribution in [0.15, 0.2) is 60.7 Å². The van der Waals surface area contributed by atoms with Gasteiger partial charge in [0.2, 0.25) is 0 Å². The van der Waals surface area contributed by atoms with Gasteiger partial charge in [-0.3, -0.25) is 0 Å². The number of amides is 1. The number of ether oxygens (including phenoxy) is 1. The third kappa shape index (κ3) is 4.69. The molecule has 0 unspecified atom stereocenters. The Morgan fingerprint density at radius 1 is 0.812 bits per heavy atom. The van der Waals surface area contributed by atoms with Gasteiger partial charge >= 0.3 is 6.03 Å². The van der Waals surface area contributed by atoms with Crippen LogP contribution in [-0.2, 0) is 0 Å². The van der Waals surface area contributed by atoms with Crippen molar-refractivity contribution in [2.75, 3.05) is 12.4 Å². The number of benzene rings is 3. The summed E-state index contributed by atoms with van der Waals surface area (Å²) in [5.41, 5.74) is 2.35. The number of carbonyl (C=O) groups excluding carboxylic acids is 1. The lowest BCUT2D eigenvalue weighted by Crippen LogP contribution is -2.22. The summed E-state index contributed by atoms with van der Waals surface area (Å²) in [5.74, 6) is 0.666. The molecule has 0 radical (unpaired) electrons. The zero-order valence-electron chi connectivity index (χ0n) is 16.4. The minimum atomic E-state index is -0.571. The van der Waals surface area contributed by atoms with Crippen molar-refractivity contribution in [1.82, 2.24) is 15.0 Å². The van der Waals surface area contributed by atoms with Crippen molar-refractivity contribution in [2.24, 2.45) is 0 Å². The molecule has 0 fully saturated rings. The van der Waals surface area contributed by atoms with Crippen molar-refractivity contribution in [3.63, 3.8) is 0 Å². The van der Waals surface area contributed by atoms with E-state index in [0.717, 1.165) is 4.80 Å². The predicted molar refractivity (Wildman–Crippen MR) is 128 cm³/mol. The zero-order valence-corrected chi connectivity index (χ0v) is 19.5. The van der Waals surface area contributed by atoms with Crippen molar-refractivity contribution in [2.45, 2.75) is 0 Å². The number of hydrogen-bond acceptors (Lipinski definition) is 4. The summed E-state index contributed by atoms with van der Waals surface area (Å²) in [6.45, 7) is 0. The Morgan fingerprint density at radius 2 is 1.31 bits per heavy atom. The molecule has 10 heteroatoms. The summed E-state index contributed by atoms with van der Waals surface area (Å²) in [4.78, 5) is 13.8. The van der Waals surface area contributed by atoms with Gasteiger partial charge in [0.15, 0.2) is 0 Å². The molecule has 32 heavy (non-hydrogen) atoms. The third-order valence-electron chi connectivity index (χ3n) is 4.51. The molecule has 4 rings (SSSR count). The first kappa shape index (κ1) is 22.4. The Hall–Kier alpha value is -2.77. The number of nitrogens with one attached hydrogen (secondary N) is 1. The van der Waals surface area contributed by atoms with Crippen LogP contribution in [0.25, 0.3) is 22.5 Å². The molecular weight excluding hydrogens is 494 g/mol. The van der Waals surface area contributed by atoms with Crippen molar-refractivity contribution >= 4 is 58.1 Å². The van der Waals surface area contributed by atoms with Crippen LogP contribution in [-0.4, -0.2) is 28.1 Å². The molecule has 162 valence electrons. The quantitative estimate of drug-likeness (QED) is 0.314. The standard InChI is InChI=1S/C22H14Cl4N4O2/c1-32-15-6-4-14(5-7-15)27-22(31)30-28-20(16-8-2-12(23)10-18(16)25)21(29-30)17-9-3-13(24)11-19(17)26/h2-11H,1H3,(H,27,31). The second-order valence-electron chi connectivity index (χ2n) is 6.59. The van der Waals surface area contributed by atoms with E-state index in [-0.39, 0.29) is 0 Å². The lowest BCUT2D eigenvalue weighted by Gasteiger charge is -2.06. The lowest BCUT2D eigenvalue weighted by atomic mass is 10.0. The van der Waals surface area contributed by atoms with E-state index < -0.39 is 6.03 Å². The van der Waals surface area contributed by atoms with Gasteiger partial charge in [0.25, 0.3) is 0 Å². The summed E-state index contributed by atoms with van der Waals surface area (Å²) < 4.78 is 5.13. The van der Waals surface area contributed by atoms with Crippen LogP contribution in [0.1, 0.15) is 0 Å². The number of halogens is 4. The minimum Gasteiger partial charge on any atom is -0.497 e. The van der Waals surface area contributed by atoms with Gasteiger partial charge in [-0.15, -0.1) is 10.2 Å². The van der Waals surface area contributed by atoms with E-state index >= 15 is 0 Å². The van der Waals surface area contributed by atoms with Crippen LogP contribution >= 0.6 is 46.4 Å². The van der Waals surface area contributed by atoms with E-state index in [1.165, 1.54) is 0 Å². The van der Waals surface area contributed by atoms with E-state index in [0.29, 0.717) is 54.0 Å². The highest BCUT2D eigenvalue weighted by atomic mass is 35.5. The molecule has 0 spiro atoms. The first-order valence-corrected chi connectivity index (χ1v) is 10.7. The first-order chi connectivity index (χ1) is 15.4. The molecule has 0 saturated carbocycles. The molecule has 1 N–H and O–H groups in total. The Balaban J connectivity index is 1.78. The normalized spacial score (nSPS) is 10.8. The molecule has 1 aromatic heterocycles.